The van der Waals surface area contributed by atoms with Crippen LogP contribution >= 0.6 is 24.8 Å². The molecule has 1 atom stereocenters. The molecule has 0 aromatic carbocycles. The van der Waals surface area contributed by atoms with Gasteiger partial charge in [-0.2, -0.15) is 5.10 Å². The van der Waals surface area contributed by atoms with Crippen molar-refractivity contribution in [2.45, 2.75) is 65.2 Å². The molecular formula is C18H33Cl2N5O. The third-order valence-electron chi connectivity index (χ3n) is 5.59. The van der Waals surface area contributed by atoms with Crippen LogP contribution < -0.4 is 10.6 Å². The molecule has 2 N–H and O–H groups in total. The smallest absolute Gasteiger partial charge is 0.240 e. The van der Waals surface area contributed by atoms with Crippen LogP contribution in [-0.4, -0.2) is 52.3 Å². The summed E-state index contributed by atoms with van der Waals surface area (Å²) in [5, 5.41) is 11.3. The standard InChI is InChI=1S/C18H31N5O.2ClH/c1-4-22-11-15(10-21-22)12-23(14(2)3)17(24)16-9-18(13-20-16)5-7-19-8-6-18;;/h10-11,14,16,19-20H,4-9,12-13H2,1-3H3;2*1H. The van der Waals surface area contributed by atoms with Gasteiger partial charge >= 0.3 is 0 Å². The van der Waals surface area contributed by atoms with Crippen molar-refractivity contribution < 1.29 is 4.79 Å². The summed E-state index contributed by atoms with van der Waals surface area (Å²) in [4.78, 5) is 15.1. The molecule has 0 aliphatic carbocycles. The van der Waals surface area contributed by atoms with Crippen molar-refractivity contribution in [1.82, 2.24) is 25.3 Å². The molecule has 1 unspecified atom stereocenters. The molecule has 2 aliphatic heterocycles. The lowest BCUT2D eigenvalue weighted by Gasteiger charge is -2.34. The zero-order valence-electron chi connectivity index (χ0n) is 16.0. The van der Waals surface area contributed by atoms with E-state index in [1.54, 1.807) is 0 Å². The average molecular weight is 406 g/mol. The second-order valence-corrected chi connectivity index (χ2v) is 7.65. The lowest BCUT2D eigenvalue weighted by atomic mass is 9.77. The molecule has 0 radical (unpaired) electrons. The third-order valence-corrected chi connectivity index (χ3v) is 5.59. The van der Waals surface area contributed by atoms with Crippen LogP contribution in [0.1, 0.15) is 45.6 Å². The summed E-state index contributed by atoms with van der Waals surface area (Å²) in [6, 6.07) is 0.153. The SMILES string of the molecule is CCn1cc(CN(C(=O)C2CC3(CCNCC3)CN2)C(C)C)cn1.Cl.Cl. The molecule has 6 nitrogen and oxygen atoms in total. The van der Waals surface area contributed by atoms with E-state index in [0.29, 0.717) is 12.0 Å². The van der Waals surface area contributed by atoms with Gasteiger partial charge in [0, 0.05) is 37.4 Å². The van der Waals surface area contributed by atoms with Gasteiger partial charge in [-0.3, -0.25) is 9.48 Å². The molecule has 0 bridgehead atoms. The lowest BCUT2D eigenvalue weighted by Crippen LogP contribution is -2.46. The van der Waals surface area contributed by atoms with Crippen LogP contribution in [0, 0.1) is 5.41 Å². The number of amides is 1. The maximum absolute atomic E-state index is 13.1. The van der Waals surface area contributed by atoms with E-state index in [1.165, 1.54) is 12.8 Å². The number of halogens is 2. The second-order valence-electron chi connectivity index (χ2n) is 7.65. The molecule has 2 saturated heterocycles. The van der Waals surface area contributed by atoms with Crippen LogP contribution in [0.5, 0.6) is 0 Å². The second kappa shape index (κ2) is 9.93. The number of aryl methyl sites for hydroxylation is 1. The molecule has 26 heavy (non-hydrogen) atoms. The Morgan fingerprint density at radius 1 is 1.38 bits per heavy atom. The highest BCUT2D eigenvalue weighted by molar-refractivity contribution is 5.85. The maximum atomic E-state index is 13.1. The van der Waals surface area contributed by atoms with Gasteiger partial charge in [0.25, 0.3) is 0 Å². The summed E-state index contributed by atoms with van der Waals surface area (Å²) in [7, 11) is 0. The van der Waals surface area contributed by atoms with Crippen LogP contribution in [0.15, 0.2) is 12.4 Å². The van der Waals surface area contributed by atoms with E-state index in [-0.39, 0.29) is 42.8 Å². The van der Waals surface area contributed by atoms with Gasteiger partial charge in [0.05, 0.1) is 12.2 Å². The van der Waals surface area contributed by atoms with E-state index >= 15 is 0 Å². The number of piperidine rings is 1. The molecule has 3 rings (SSSR count). The van der Waals surface area contributed by atoms with Crippen molar-refractivity contribution in [2.24, 2.45) is 5.41 Å². The number of aromatic nitrogens is 2. The summed E-state index contributed by atoms with van der Waals surface area (Å²) in [5.41, 5.74) is 1.43. The van der Waals surface area contributed by atoms with E-state index in [2.05, 4.69) is 36.5 Å². The molecule has 1 aromatic rings. The predicted octanol–water partition coefficient (Wildman–Crippen LogP) is 2.22. The molecular weight excluding hydrogens is 373 g/mol. The number of hydrogen-bond acceptors (Lipinski definition) is 4. The fourth-order valence-corrected chi connectivity index (χ4v) is 4.00. The maximum Gasteiger partial charge on any atom is 0.240 e. The van der Waals surface area contributed by atoms with Crippen LogP contribution in [0.25, 0.3) is 0 Å². The quantitative estimate of drug-likeness (QED) is 0.787. The van der Waals surface area contributed by atoms with Crippen LogP contribution in [-0.2, 0) is 17.9 Å². The van der Waals surface area contributed by atoms with Gasteiger partial charge in [0.2, 0.25) is 5.91 Å². The Bertz CT molecular complexity index is 572. The van der Waals surface area contributed by atoms with E-state index in [0.717, 1.165) is 38.2 Å². The minimum atomic E-state index is -0.0354. The van der Waals surface area contributed by atoms with Gasteiger partial charge in [0.1, 0.15) is 0 Å². The Kier molecular flexibility index (Phi) is 8.86. The van der Waals surface area contributed by atoms with Gasteiger partial charge in [-0.1, -0.05) is 0 Å². The number of rotatable bonds is 5. The van der Waals surface area contributed by atoms with Crippen molar-refractivity contribution in [3.63, 3.8) is 0 Å². The number of nitrogens with one attached hydrogen (secondary N) is 2. The van der Waals surface area contributed by atoms with E-state index in [4.69, 9.17) is 0 Å². The zero-order valence-corrected chi connectivity index (χ0v) is 17.7. The average Bonchev–Trinajstić information content (AvgIpc) is 3.20. The molecule has 1 spiro atoms. The Balaban J connectivity index is 0.00000169. The highest BCUT2D eigenvalue weighted by Crippen LogP contribution is 2.38. The topological polar surface area (TPSA) is 62.2 Å². The van der Waals surface area contributed by atoms with Gasteiger partial charge in [-0.05, 0) is 58.5 Å². The van der Waals surface area contributed by atoms with E-state index in [9.17, 15) is 4.79 Å². The van der Waals surface area contributed by atoms with E-state index in [1.807, 2.05) is 22.0 Å². The number of carbonyl (C=O) groups is 1. The van der Waals surface area contributed by atoms with Crippen molar-refractivity contribution in [3.05, 3.63) is 18.0 Å². The summed E-state index contributed by atoms with van der Waals surface area (Å²) in [6.07, 6.45) is 7.25. The van der Waals surface area contributed by atoms with Crippen molar-refractivity contribution in [1.29, 1.82) is 0 Å². The molecule has 2 aliphatic rings. The molecule has 1 aromatic heterocycles. The Hall–Kier alpha value is -0.820. The normalized spacial score (nSPS) is 21.3. The highest BCUT2D eigenvalue weighted by Gasteiger charge is 2.43. The first-order chi connectivity index (χ1) is 11.5. The molecule has 3 heterocycles. The highest BCUT2D eigenvalue weighted by atomic mass is 35.5. The Morgan fingerprint density at radius 2 is 2.08 bits per heavy atom. The molecule has 150 valence electrons. The zero-order chi connectivity index (χ0) is 17.2. The van der Waals surface area contributed by atoms with Crippen LogP contribution in [0.4, 0.5) is 0 Å². The minimum absolute atomic E-state index is 0. The summed E-state index contributed by atoms with van der Waals surface area (Å²) in [6.45, 7) is 10.9. The van der Waals surface area contributed by atoms with Gasteiger partial charge in [0.15, 0.2) is 0 Å². The van der Waals surface area contributed by atoms with Crippen molar-refractivity contribution in [3.8, 4) is 0 Å². The Morgan fingerprint density at radius 3 is 2.65 bits per heavy atom. The molecule has 1 amide bonds. The number of hydrogen-bond donors (Lipinski definition) is 2. The van der Waals surface area contributed by atoms with E-state index < -0.39 is 0 Å². The number of carbonyl (C=O) groups excluding carboxylic acids is 1. The van der Waals surface area contributed by atoms with Crippen LogP contribution in [0.2, 0.25) is 0 Å². The monoisotopic (exact) mass is 405 g/mol. The summed E-state index contributed by atoms with van der Waals surface area (Å²) < 4.78 is 1.91. The largest absolute Gasteiger partial charge is 0.334 e. The fraction of sp³-hybridized carbons (Fsp3) is 0.778. The first-order valence-electron chi connectivity index (χ1n) is 9.29. The fourth-order valence-electron chi connectivity index (χ4n) is 4.00. The summed E-state index contributed by atoms with van der Waals surface area (Å²) >= 11 is 0. The summed E-state index contributed by atoms with van der Waals surface area (Å²) in [5.74, 6) is 0.240. The molecule has 2 fully saturated rings. The van der Waals surface area contributed by atoms with Crippen molar-refractivity contribution >= 4 is 30.7 Å². The lowest BCUT2D eigenvalue weighted by molar-refractivity contribution is -0.135. The molecule has 8 heteroatoms. The number of nitrogens with zero attached hydrogens (tertiary/aromatic N) is 3. The van der Waals surface area contributed by atoms with Crippen molar-refractivity contribution in [2.75, 3.05) is 19.6 Å². The van der Waals surface area contributed by atoms with Gasteiger partial charge in [-0.15, -0.1) is 24.8 Å². The van der Waals surface area contributed by atoms with Gasteiger partial charge in [-0.25, -0.2) is 0 Å². The molecule has 0 saturated carbocycles. The van der Waals surface area contributed by atoms with Gasteiger partial charge < -0.3 is 15.5 Å². The Labute approximate surface area is 169 Å². The first-order valence-corrected chi connectivity index (χ1v) is 9.29. The predicted molar refractivity (Wildman–Crippen MR) is 109 cm³/mol. The van der Waals surface area contributed by atoms with Crippen LogP contribution in [0.3, 0.4) is 0 Å². The third kappa shape index (κ3) is 5.12. The minimum Gasteiger partial charge on any atom is -0.334 e. The first kappa shape index (κ1) is 23.2.